The molecule has 1 amide bonds. The van der Waals surface area contributed by atoms with Gasteiger partial charge in [-0.15, -0.1) is 0 Å². The van der Waals surface area contributed by atoms with Gasteiger partial charge < -0.3 is 19.5 Å². The summed E-state index contributed by atoms with van der Waals surface area (Å²) in [5.41, 5.74) is 1.31. The molecular formula is C26H31N3O5. The number of likely N-dealkylation sites (tertiary alicyclic amines) is 1. The van der Waals surface area contributed by atoms with Gasteiger partial charge in [-0.25, -0.2) is 0 Å². The number of pyridine rings is 1. The first-order valence-corrected chi connectivity index (χ1v) is 11.8. The average Bonchev–Trinajstić information content (AvgIpc) is 3.13. The van der Waals surface area contributed by atoms with Crippen molar-refractivity contribution in [2.24, 2.45) is 0 Å². The van der Waals surface area contributed by atoms with Crippen LogP contribution in [0.25, 0.3) is 5.76 Å². The van der Waals surface area contributed by atoms with Crippen molar-refractivity contribution in [3.8, 4) is 5.75 Å². The van der Waals surface area contributed by atoms with Gasteiger partial charge in [-0.05, 0) is 54.8 Å². The molecule has 2 aliphatic rings. The number of aliphatic hydroxyl groups is 1. The number of rotatable bonds is 9. The lowest BCUT2D eigenvalue weighted by Crippen LogP contribution is -2.38. The van der Waals surface area contributed by atoms with Gasteiger partial charge in [0.05, 0.1) is 31.4 Å². The van der Waals surface area contributed by atoms with Gasteiger partial charge in [0.2, 0.25) is 0 Å². The molecule has 2 fully saturated rings. The number of benzene rings is 1. The predicted molar refractivity (Wildman–Crippen MR) is 127 cm³/mol. The number of hydrogen-bond donors (Lipinski definition) is 1. The molecule has 0 aliphatic carbocycles. The van der Waals surface area contributed by atoms with Gasteiger partial charge in [0.1, 0.15) is 11.5 Å². The van der Waals surface area contributed by atoms with E-state index in [2.05, 4.69) is 9.88 Å². The summed E-state index contributed by atoms with van der Waals surface area (Å²) in [4.78, 5) is 34.1. The fourth-order valence-corrected chi connectivity index (χ4v) is 4.38. The molecule has 180 valence electrons. The molecule has 8 nitrogen and oxygen atoms in total. The van der Waals surface area contributed by atoms with Crippen molar-refractivity contribution in [1.29, 1.82) is 0 Å². The first kappa shape index (κ1) is 23.9. The van der Waals surface area contributed by atoms with E-state index in [-0.39, 0.29) is 11.3 Å². The van der Waals surface area contributed by atoms with E-state index in [0.717, 1.165) is 38.0 Å². The van der Waals surface area contributed by atoms with Crippen LogP contribution in [0.5, 0.6) is 5.75 Å². The lowest BCUT2D eigenvalue weighted by Gasteiger charge is -2.29. The minimum Gasteiger partial charge on any atom is -0.507 e. The summed E-state index contributed by atoms with van der Waals surface area (Å²) < 4.78 is 11.0. The number of carbonyl (C=O) groups excluding carboxylic acids is 2. The van der Waals surface area contributed by atoms with Crippen LogP contribution in [0.2, 0.25) is 0 Å². The Kier molecular flexibility index (Phi) is 7.92. The number of aromatic nitrogens is 1. The average molecular weight is 466 g/mol. The largest absolute Gasteiger partial charge is 0.507 e. The molecule has 0 unspecified atom stereocenters. The van der Waals surface area contributed by atoms with E-state index < -0.39 is 17.7 Å². The number of nitrogens with zero attached hydrogens (tertiary/aromatic N) is 3. The van der Waals surface area contributed by atoms with Crippen LogP contribution in [-0.2, 0) is 14.3 Å². The van der Waals surface area contributed by atoms with E-state index in [1.165, 1.54) is 0 Å². The Labute approximate surface area is 199 Å². The first-order chi connectivity index (χ1) is 16.6. The van der Waals surface area contributed by atoms with Crippen molar-refractivity contribution in [1.82, 2.24) is 14.8 Å². The summed E-state index contributed by atoms with van der Waals surface area (Å²) in [6.45, 7) is 7.01. The summed E-state index contributed by atoms with van der Waals surface area (Å²) >= 11 is 0. The van der Waals surface area contributed by atoms with E-state index in [9.17, 15) is 14.7 Å². The lowest BCUT2D eigenvalue weighted by molar-refractivity contribution is -0.140. The third-order valence-corrected chi connectivity index (χ3v) is 6.14. The Morgan fingerprint density at radius 3 is 2.47 bits per heavy atom. The van der Waals surface area contributed by atoms with Crippen LogP contribution in [0, 0.1) is 0 Å². The topological polar surface area (TPSA) is 92.2 Å². The minimum absolute atomic E-state index is 0.102. The van der Waals surface area contributed by atoms with Crippen LogP contribution in [0.1, 0.15) is 36.9 Å². The Hall–Kier alpha value is -3.23. The standard InChI is InChI=1S/C26H31N3O5/c1-2-16-34-21-6-4-20(5-7-21)24(30)22-23(19-8-10-27-11-9-19)29(26(32)25(22)31)13-3-12-28-14-17-33-18-15-28/h4-11,23,30H,2-3,12-18H2,1H3/b24-22+/t23-/m1/s1. The Bertz CT molecular complexity index is 1020. The van der Waals surface area contributed by atoms with Crippen molar-refractivity contribution in [2.45, 2.75) is 25.8 Å². The molecule has 0 bridgehead atoms. The molecular weight excluding hydrogens is 434 g/mol. The number of amides is 1. The van der Waals surface area contributed by atoms with Crippen LogP contribution in [0.4, 0.5) is 0 Å². The Morgan fingerprint density at radius 1 is 1.09 bits per heavy atom. The van der Waals surface area contributed by atoms with E-state index in [4.69, 9.17) is 9.47 Å². The second kappa shape index (κ2) is 11.3. The number of aliphatic hydroxyl groups excluding tert-OH is 1. The van der Waals surface area contributed by atoms with E-state index in [1.54, 1.807) is 53.7 Å². The summed E-state index contributed by atoms with van der Waals surface area (Å²) in [5, 5.41) is 11.2. The summed E-state index contributed by atoms with van der Waals surface area (Å²) in [6.07, 6.45) is 4.87. The number of ether oxygens (including phenoxy) is 2. The maximum absolute atomic E-state index is 13.1. The monoisotopic (exact) mass is 465 g/mol. The van der Waals surface area contributed by atoms with Crippen LogP contribution in [0.15, 0.2) is 54.4 Å². The van der Waals surface area contributed by atoms with Crippen LogP contribution in [-0.4, -0.2) is 77.6 Å². The molecule has 0 saturated carbocycles. The predicted octanol–water partition coefficient (Wildman–Crippen LogP) is 3.01. The fourth-order valence-electron chi connectivity index (χ4n) is 4.38. The van der Waals surface area contributed by atoms with Gasteiger partial charge in [0.25, 0.3) is 11.7 Å². The molecule has 1 aromatic carbocycles. The molecule has 1 aromatic heterocycles. The molecule has 3 heterocycles. The second-order valence-electron chi connectivity index (χ2n) is 8.45. The number of Topliss-reactive ketones (excluding diaryl/α,β-unsaturated/α-hetero) is 1. The molecule has 34 heavy (non-hydrogen) atoms. The zero-order valence-corrected chi connectivity index (χ0v) is 19.5. The highest BCUT2D eigenvalue weighted by molar-refractivity contribution is 6.46. The van der Waals surface area contributed by atoms with Crippen LogP contribution < -0.4 is 4.74 Å². The highest BCUT2D eigenvalue weighted by Gasteiger charge is 2.45. The van der Waals surface area contributed by atoms with E-state index >= 15 is 0 Å². The molecule has 0 radical (unpaired) electrons. The molecule has 1 atom stereocenters. The molecule has 4 rings (SSSR count). The van der Waals surface area contributed by atoms with Gasteiger partial charge in [-0.3, -0.25) is 19.5 Å². The Morgan fingerprint density at radius 2 is 1.79 bits per heavy atom. The lowest BCUT2D eigenvalue weighted by atomic mass is 9.96. The number of carbonyl (C=O) groups is 2. The maximum Gasteiger partial charge on any atom is 0.295 e. The zero-order valence-electron chi connectivity index (χ0n) is 19.5. The van der Waals surface area contributed by atoms with Crippen LogP contribution in [0.3, 0.4) is 0 Å². The second-order valence-corrected chi connectivity index (χ2v) is 8.45. The van der Waals surface area contributed by atoms with E-state index in [0.29, 0.717) is 37.7 Å². The van der Waals surface area contributed by atoms with Gasteiger partial charge in [-0.2, -0.15) is 0 Å². The van der Waals surface area contributed by atoms with Crippen molar-refractivity contribution >= 4 is 17.4 Å². The summed E-state index contributed by atoms with van der Waals surface area (Å²) in [7, 11) is 0. The highest BCUT2D eigenvalue weighted by Crippen LogP contribution is 2.39. The summed E-state index contributed by atoms with van der Waals surface area (Å²) in [5.74, 6) is -0.754. The van der Waals surface area contributed by atoms with Gasteiger partial charge in [0, 0.05) is 44.1 Å². The molecule has 2 saturated heterocycles. The van der Waals surface area contributed by atoms with Crippen molar-refractivity contribution < 1.29 is 24.2 Å². The van der Waals surface area contributed by atoms with Crippen molar-refractivity contribution in [3.63, 3.8) is 0 Å². The zero-order chi connectivity index (χ0) is 23.9. The quantitative estimate of drug-likeness (QED) is 0.346. The Balaban J connectivity index is 1.61. The number of hydrogen-bond acceptors (Lipinski definition) is 7. The molecule has 2 aromatic rings. The third kappa shape index (κ3) is 5.29. The van der Waals surface area contributed by atoms with Gasteiger partial charge >= 0.3 is 0 Å². The van der Waals surface area contributed by atoms with Crippen molar-refractivity contribution in [2.75, 3.05) is 46.0 Å². The fraction of sp³-hybridized carbons (Fsp3) is 0.423. The smallest absolute Gasteiger partial charge is 0.295 e. The molecule has 2 aliphatic heterocycles. The van der Waals surface area contributed by atoms with Crippen molar-refractivity contribution in [3.05, 3.63) is 65.5 Å². The van der Waals surface area contributed by atoms with Gasteiger partial charge in [-0.1, -0.05) is 6.92 Å². The molecule has 1 N–H and O–H groups in total. The summed E-state index contributed by atoms with van der Waals surface area (Å²) in [6, 6.07) is 9.81. The highest BCUT2D eigenvalue weighted by atomic mass is 16.5. The van der Waals surface area contributed by atoms with Crippen LogP contribution >= 0.6 is 0 Å². The maximum atomic E-state index is 13.1. The SMILES string of the molecule is CCCOc1ccc(/C(O)=C2\C(=O)C(=O)N(CCCN3CCOCC3)[C@@H]2c2ccncc2)cc1. The first-order valence-electron chi connectivity index (χ1n) is 11.8. The van der Waals surface area contributed by atoms with Gasteiger partial charge in [0.15, 0.2) is 0 Å². The molecule has 8 heteroatoms. The molecule has 0 spiro atoms. The van der Waals surface area contributed by atoms with E-state index in [1.807, 2.05) is 6.92 Å². The normalized spacial score (nSPS) is 20.6. The minimum atomic E-state index is -0.669. The number of morpholine rings is 1. The number of ketones is 1. The third-order valence-electron chi connectivity index (χ3n) is 6.14.